The average molecular weight is 335 g/mol. The predicted octanol–water partition coefficient (Wildman–Crippen LogP) is 2.44. The summed E-state index contributed by atoms with van der Waals surface area (Å²) in [5.41, 5.74) is 1.41. The largest absolute Gasteiger partial charge is 0.486 e. The Hall–Kier alpha value is -3.28. The molecule has 1 atom stereocenters. The van der Waals surface area contributed by atoms with Crippen LogP contribution in [-0.4, -0.2) is 34.9 Å². The van der Waals surface area contributed by atoms with Crippen molar-refractivity contribution >= 4 is 5.91 Å². The zero-order valence-electron chi connectivity index (χ0n) is 13.5. The Morgan fingerprint density at radius 2 is 1.88 bits per heavy atom. The molecule has 6 nitrogen and oxygen atoms in total. The maximum absolute atomic E-state index is 12.3. The van der Waals surface area contributed by atoms with E-state index in [4.69, 9.17) is 9.47 Å². The van der Waals surface area contributed by atoms with Crippen LogP contribution in [0.15, 0.2) is 67.0 Å². The highest BCUT2D eigenvalue weighted by Gasteiger charge is 2.21. The first-order valence-electron chi connectivity index (χ1n) is 8.06. The minimum absolute atomic E-state index is 0.190. The molecule has 6 heteroatoms. The van der Waals surface area contributed by atoms with Crippen LogP contribution in [0.5, 0.6) is 11.5 Å². The van der Waals surface area contributed by atoms with Gasteiger partial charge in [-0.3, -0.25) is 4.79 Å². The number of nitrogens with one attached hydrogen (secondary N) is 1. The lowest BCUT2D eigenvalue weighted by atomic mass is 10.2. The van der Waals surface area contributed by atoms with Gasteiger partial charge in [0.15, 0.2) is 11.5 Å². The van der Waals surface area contributed by atoms with Crippen LogP contribution in [0.3, 0.4) is 0 Å². The molecule has 1 amide bonds. The third kappa shape index (κ3) is 3.33. The number of ether oxygens (including phenoxy) is 2. The number of rotatable bonds is 4. The lowest BCUT2D eigenvalue weighted by molar-refractivity contribution is 0.0789. The van der Waals surface area contributed by atoms with Gasteiger partial charge in [0.05, 0.1) is 24.0 Å². The molecule has 0 aliphatic carbocycles. The van der Waals surface area contributed by atoms with Gasteiger partial charge >= 0.3 is 0 Å². The van der Waals surface area contributed by atoms with Gasteiger partial charge < -0.3 is 14.8 Å². The van der Waals surface area contributed by atoms with Gasteiger partial charge in [-0.15, -0.1) is 0 Å². The first-order valence-corrected chi connectivity index (χ1v) is 8.06. The van der Waals surface area contributed by atoms with Crippen molar-refractivity contribution in [2.75, 3.05) is 13.2 Å². The Balaban J connectivity index is 1.36. The molecule has 0 spiro atoms. The molecule has 2 heterocycles. The molecule has 1 N–H and O–H groups in total. The van der Waals surface area contributed by atoms with Crippen LogP contribution in [0.1, 0.15) is 10.4 Å². The summed E-state index contributed by atoms with van der Waals surface area (Å²) >= 11 is 0. The van der Waals surface area contributed by atoms with Gasteiger partial charge in [-0.2, -0.15) is 5.10 Å². The smallest absolute Gasteiger partial charge is 0.254 e. The molecule has 25 heavy (non-hydrogen) atoms. The zero-order chi connectivity index (χ0) is 17.1. The second-order valence-electron chi connectivity index (χ2n) is 5.72. The van der Waals surface area contributed by atoms with Gasteiger partial charge in [0.2, 0.25) is 0 Å². The van der Waals surface area contributed by atoms with Crippen molar-refractivity contribution in [3.05, 3.63) is 72.6 Å². The van der Waals surface area contributed by atoms with E-state index in [-0.39, 0.29) is 12.0 Å². The van der Waals surface area contributed by atoms with Crippen molar-refractivity contribution < 1.29 is 14.3 Å². The van der Waals surface area contributed by atoms with E-state index in [1.54, 1.807) is 17.1 Å². The van der Waals surface area contributed by atoms with Gasteiger partial charge in [-0.1, -0.05) is 30.3 Å². The fourth-order valence-electron chi connectivity index (χ4n) is 2.63. The first-order chi connectivity index (χ1) is 12.3. The second kappa shape index (κ2) is 6.68. The van der Waals surface area contributed by atoms with Gasteiger partial charge in [-0.05, 0) is 24.3 Å². The van der Waals surface area contributed by atoms with E-state index in [2.05, 4.69) is 10.4 Å². The quantitative estimate of drug-likeness (QED) is 0.795. The topological polar surface area (TPSA) is 65.4 Å². The summed E-state index contributed by atoms with van der Waals surface area (Å²) in [6.45, 7) is 0.768. The van der Waals surface area contributed by atoms with Gasteiger partial charge in [-0.25, -0.2) is 4.68 Å². The van der Waals surface area contributed by atoms with Crippen LogP contribution in [-0.2, 0) is 0 Å². The van der Waals surface area contributed by atoms with Gasteiger partial charge in [0.25, 0.3) is 5.91 Å². The van der Waals surface area contributed by atoms with E-state index in [1.165, 1.54) is 0 Å². The molecule has 3 aromatic rings. The van der Waals surface area contributed by atoms with E-state index >= 15 is 0 Å². The van der Waals surface area contributed by atoms with E-state index in [9.17, 15) is 4.79 Å². The highest BCUT2D eigenvalue weighted by molar-refractivity contribution is 5.93. The molecule has 1 aromatic heterocycles. The molecule has 126 valence electrons. The summed E-state index contributed by atoms with van der Waals surface area (Å²) in [7, 11) is 0. The summed E-state index contributed by atoms with van der Waals surface area (Å²) in [6, 6.07) is 17.2. The second-order valence-corrected chi connectivity index (χ2v) is 5.72. The molecule has 0 radical (unpaired) electrons. The molecule has 0 fully saturated rings. The van der Waals surface area contributed by atoms with E-state index < -0.39 is 0 Å². The fraction of sp³-hybridized carbons (Fsp3) is 0.158. The van der Waals surface area contributed by atoms with Crippen LogP contribution in [0.25, 0.3) is 5.69 Å². The van der Waals surface area contributed by atoms with Crippen molar-refractivity contribution in [3.63, 3.8) is 0 Å². The van der Waals surface area contributed by atoms with E-state index in [1.807, 2.05) is 54.6 Å². The number of benzene rings is 2. The Morgan fingerprint density at radius 3 is 2.72 bits per heavy atom. The van der Waals surface area contributed by atoms with Gasteiger partial charge in [0.1, 0.15) is 12.7 Å². The monoisotopic (exact) mass is 335 g/mol. The molecular weight excluding hydrogens is 318 g/mol. The Kier molecular flexibility index (Phi) is 4.08. The van der Waals surface area contributed by atoms with Crippen molar-refractivity contribution in [2.24, 2.45) is 0 Å². The molecule has 0 saturated heterocycles. The average Bonchev–Trinajstić information content (AvgIpc) is 3.17. The Labute approximate surface area is 145 Å². The van der Waals surface area contributed by atoms with Crippen LogP contribution in [0.2, 0.25) is 0 Å². The van der Waals surface area contributed by atoms with Crippen LogP contribution < -0.4 is 14.8 Å². The number of carbonyl (C=O) groups is 1. The number of fused-ring (bicyclic) bond motifs is 1. The number of amides is 1. The van der Waals surface area contributed by atoms with Crippen LogP contribution >= 0.6 is 0 Å². The Morgan fingerprint density at radius 1 is 1.12 bits per heavy atom. The summed E-state index contributed by atoms with van der Waals surface area (Å²) in [5.74, 6) is 1.24. The third-order valence-electron chi connectivity index (χ3n) is 3.92. The molecule has 1 unspecified atom stereocenters. The molecular formula is C19H17N3O3. The molecule has 0 saturated carbocycles. The fourth-order valence-corrected chi connectivity index (χ4v) is 2.63. The lowest BCUT2D eigenvalue weighted by Gasteiger charge is -2.26. The highest BCUT2D eigenvalue weighted by Crippen LogP contribution is 2.30. The molecule has 4 rings (SSSR count). The highest BCUT2D eigenvalue weighted by atomic mass is 16.6. The third-order valence-corrected chi connectivity index (χ3v) is 3.92. The summed E-state index contributed by atoms with van der Waals surface area (Å²) < 4.78 is 13.1. The Bertz CT molecular complexity index is 876. The normalized spacial score (nSPS) is 15.6. The van der Waals surface area contributed by atoms with E-state index in [0.717, 1.165) is 11.4 Å². The van der Waals surface area contributed by atoms with Crippen LogP contribution in [0, 0.1) is 0 Å². The molecule has 0 bridgehead atoms. The van der Waals surface area contributed by atoms with Crippen LogP contribution in [0.4, 0.5) is 0 Å². The van der Waals surface area contributed by atoms with Crippen molar-refractivity contribution in [2.45, 2.75) is 6.10 Å². The lowest BCUT2D eigenvalue weighted by Crippen LogP contribution is -2.40. The number of para-hydroxylation sites is 3. The number of nitrogens with zero attached hydrogens (tertiary/aromatic N) is 2. The molecule has 1 aliphatic rings. The number of carbonyl (C=O) groups excluding carboxylic acids is 1. The van der Waals surface area contributed by atoms with Crippen molar-refractivity contribution in [3.8, 4) is 17.2 Å². The molecule has 2 aromatic carbocycles. The SMILES string of the molecule is O=C(NCC1COc2ccccc2O1)c1cnn(-c2ccccc2)c1. The predicted molar refractivity (Wildman–Crippen MR) is 92.3 cm³/mol. The number of aromatic nitrogens is 2. The van der Waals surface area contributed by atoms with Crippen molar-refractivity contribution in [1.29, 1.82) is 0 Å². The maximum atomic E-state index is 12.3. The summed E-state index contributed by atoms with van der Waals surface area (Å²) in [4.78, 5) is 12.3. The minimum atomic E-state index is -0.219. The van der Waals surface area contributed by atoms with E-state index in [0.29, 0.717) is 24.5 Å². The van der Waals surface area contributed by atoms with Gasteiger partial charge in [0, 0.05) is 6.20 Å². The maximum Gasteiger partial charge on any atom is 0.254 e. The zero-order valence-corrected chi connectivity index (χ0v) is 13.5. The summed E-state index contributed by atoms with van der Waals surface area (Å²) in [5, 5.41) is 7.10. The minimum Gasteiger partial charge on any atom is -0.486 e. The summed E-state index contributed by atoms with van der Waals surface area (Å²) in [6.07, 6.45) is 3.04. The molecule has 1 aliphatic heterocycles. The number of hydrogen-bond donors (Lipinski definition) is 1. The first kappa shape index (κ1) is 15.3. The standard InChI is InChI=1S/C19H17N3O3/c23-19(14-10-21-22(12-14)15-6-2-1-3-7-15)20-11-16-13-24-17-8-4-5-9-18(17)25-16/h1-10,12,16H,11,13H2,(H,20,23). The number of hydrogen-bond acceptors (Lipinski definition) is 4. The van der Waals surface area contributed by atoms with Crippen molar-refractivity contribution in [1.82, 2.24) is 15.1 Å².